The molecule has 0 aliphatic heterocycles. The van der Waals surface area contributed by atoms with Crippen LogP contribution in [0, 0.1) is 0 Å². The van der Waals surface area contributed by atoms with Gasteiger partial charge in [0.2, 0.25) is 5.91 Å². The standard InChI is InChI=1S/C22H31N3O/c26-22(16-25-15-14-17-8-6-7-11-21(17)25)24-20-13-12-19(20)23-18-9-4-2-1-3-5-10-18/h6-8,11,14-15,18-20,23H,1-5,9-10,12-13,16H2,(H,24,26)/t19-,20+/m1/s1. The van der Waals surface area contributed by atoms with Gasteiger partial charge in [-0.1, -0.05) is 50.3 Å². The largest absolute Gasteiger partial charge is 0.350 e. The van der Waals surface area contributed by atoms with Gasteiger partial charge in [0.05, 0.1) is 0 Å². The molecule has 2 aliphatic rings. The number of benzene rings is 1. The van der Waals surface area contributed by atoms with Crippen molar-refractivity contribution >= 4 is 16.8 Å². The highest BCUT2D eigenvalue weighted by Gasteiger charge is 2.33. The second-order valence-corrected chi connectivity index (χ2v) is 8.07. The van der Waals surface area contributed by atoms with Crippen LogP contribution in [0.4, 0.5) is 0 Å². The van der Waals surface area contributed by atoms with E-state index < -0.39 is 0 Å². The highest BCUT2D eigenvalue weighted by atomic mass is 16.2. The Balaban J connectivity index is 1.28. The Labute approximate surface area is 156 Å². The molecule has 140 valence electrons. The third kappa shape index (κ3) is 4.12. The Hall–Kier alpha value is -1.81. The molecule has 1 heterocycles. The number of nitrogens with one attached hydrogen (secondary N) is 2. The number of fused-ring (bicyclic) bond motifs is 1. The lowest BCUT2D eigenvalue weighted by Gasteiger charge is -2.40. The Morgan fingerprint density at radius 2 is 1.65 bits per heavy atom. The molecule has 4 rings (SSSR count). The first-order chi connectivity index (χ1) is 12.8. The lowest BCUT2D eigenvalue weighted by molar-refractivity contribution is -0.123. The van der Waals surface area contributed by atoms with Gasteiger partial charge in [-0.15, -0.1) is 0 Å². The molecule has 4 heteroatoms. The topological polar surface area (TPSA) is 46.1 Å². The zero-order chi connectivity index (χ0) is 17.8. The summed E-state index contributed by atoms with van der Waals surface area (Å²) < 4.78 is 2.04. The van der Waals surface area contributed by atoms with E-state index >= 15 is 0 Å². The van der Waals surface area contributed by atoms with Crippen LogP contribution in [-0.2, 0) is 11.3 Å². The Morgan fingerprint density at radius 3 is 2.42 bits per heavy atom. The SMILES string of the molecule is O=C(Cn1ccc2ccccc21)N[C@H]1CC[C@H]1NC1CCCCCCC1. The molecular weight excluding hydrogens is 322 g/mol. The van der Waals surface area contributed by atoms with Crippen molar-refractivity contribution in [2.24, 2.45) is 0 Å². The van der Waals surface area contributed by atoms with Gasteiger partial charge in [-0.2, -0.15) is 0 Å². The lowest BCUT2D eigenvalue weighted by Crippen LogP contribution is -2.59. The minimum atomic E-state index is 0.125. The smallest absolute Gasteiger partial charge is 0.240 e. The molecule has 2 atom stereocenters. The van der Waals surface area contributed by atoms with E-state index in [9.17, 15) is 4.79 Å². The lowest BCUT2D eigenvalue weighted by atomic mass is 9.84. The second kappa shape index (κ2) is 8.26. The van der Waals surface area contributed by atoms with E-state index in [2.05, 4.69) is 28.8 Å². The zero-order valence-corrected chi connectivity index (χ0v) is 15.6. The molecular formula is C22H31N3O. The van der Waals surface area contributed by atoms with E-state index in [1.165, 1.54) is 56.8 Å². The second-order valence-electron chi connectivity index (χ2n) is 8.07. The summed E-state index contributed by atoms with van der Waals surface area (Å²) in [5.41, 5.74) is 1.13. The van der Waals surface area contributed by atoms with Crippen molar-refractivity contribution < 1.29 is 4.79 Å². The van der Waals surface area contributed by atoms with Crippen molar-refractivity contribution in [3.63, 3.8) is 0 Å². The van der Waals surface area contributed by atoms with Gasteiger partial charge >= 0.3 is 0 Å². The monoisotopic (exact) mass is 353 g/mol. The number of hydrogen-bond acceptors (Lipinski definition) is 2. The van der Waals surface area contributed by atoms with Crippen LogP contribution in [0.2, 0.25) is 0 Å². The molecule has 2 fully saturated rings. The summed E-state index contributed by atoms with van der Waals surface area (Å²) in [6, 6.07) is 11.7. The van der Waals surface area contributed by atoms with Crippen LogP contribution in [0.1, 0.15) is 57.8 Å². The quantitative estimate of drug-likeness (QED) is 0.854. The van der Waals surface area contributed by atoms with Crippen molar-refractivity contribution in [3.05, 3.63) is 36.5 Å². The first-order valence-electron chi connectivity index (χ1n) is 10.4. The normalized spacial score (nSPS) is 24.6. The zero-order valence-electron chi connectivity index (χ0n) is 15.6. The summed E-state index contributed by atoms with van der Waals surface area (Å²) in [5.74, 6) is 0.125. The van der Waals surface area contributed by atoms with Crippen LogP contribution in [0.15, 0.2) is 36.5 Å². The van der Waals surface area contributed by atoms with Gasteiger partial charge < -0.3 is 15.2 Å². The van der Waals surface area contributed by atoms with E-state index in [1.807, 2.05) is 22.9 Å². The fraction of sp³-hybridized carbons (Fsp3) is 0.591. The molecule has 4 nitrogen and oxygen atoms in total. The van der Waals surface area contributed by atoms with Crippen molar-refractivity contribution in [1.29, 1.82) is 0 Å². The Morgan fingerprint density at radius 1 is 0.923 bits per heavy atom. The molecule has 1 aromatic heterocycles. The van der Waals surface area contributed by atoms with Gasteiger partial charge in [-0.3, -0.25) is 4.79 Å². The van der Waals surface area contributed by atoms with Crippen molar-refractivity contribution in [2.75, 3.05) is 0 Å². The molecule has 2 aromatic rings. The first kappa shape index (κ1) is 17.6. The molecule has 0 saturated heterocycles. The van der Waals surface area contributed by atoms with Crippen LogP contribution in [0.25, 0.3) is 10.9 Å². The van der Waals surface area contributed by atoms with Crippen LogP contribution in [0.3, 0.4) is 0 Å². The Bertz CT molecular complexity index is 730. The van der Waals surface area contributed by atoms with E-state index in [0.717, 1.165) is 11.9 Å². The average Bonchev–Trinajstić information content (AvgIpc) is 3.01. The summed E-state index contributed by atoms with van der Waals surface area (Å²) in [6.45, 7) is 0.403. The number of amides is 1. The maximum atomic E-state index is 12.5. The van der Waals surface area contributed by atoms with Crippen LogP contribution < -0.4 is 10.6 Å². The summed E-state index contributed by atoms with van der Waals surface area (Å²) >= 11 is 0. The van der Waals surface area contributed by atoms with Crippen LogP contribution in [0.5, 0.6) is 0 Å². The van der Waals surface area contributed by atoms with Gasteiger partial charge in [0.1, 0.15) is 6.54 Å². The molecule has 0 radical (unpaired) electrons. The molecule has 1 aromatic carbocycles. The van der Waals surface area contributed by atoms with Gasteiger partial charge in [0.15, 0.2) is 0 Å². The minimum Gasteiger partial charge on any atom is -0.350 e. The number of nitrogens with zero attached hydrogens (tertiary/aromatic N) is 1. The van der Waals surface area contributed by atoms with E-state index in [0.29, 0.717) is 24.7 Å². The van der Waals surface area contributed by atoms with Crippen molar-refractivity contribution in [1.82, 2.24) is 15.2 Å². The molecule has 2 saturated carbocycles. The maximum absolute atomic E-state index is 12.5. The van der Waals surface area contributed by atoms with E-state index in [4.69, 9.17) is 0 Å². The number of hydrogen-bond donors (Lipinski definition) is 2. The predicted molar refractivity (Wildman–Crippen MR) is 106 cm³/mol. The summed E-state index contributed by atoms with van der Waals surface area (Å²) in [5, 5.41) is 8.30. The third-order valence-corrected chi connectivity index (χ3v) is 6.17. The van der Waals surface area contributed by atoms with Gasteiger partial charge in [0, 0.05) is 29.8 Å². The highest BCUT2D eigenvalue weighted by Crippen LogP contribution is 2.24. The highest BCUT2D eigenvalue weighted by molar-refractivity contribution is 5.83. The molecule has 26 heavy (non-hydrogen) atoms. The fourth-order valence-corrected chi connectivity index (χ4v) is 4.48. The van der Waals surface area contributed by atoms with Crippen LogP contribution >= 0.6 is 0 Å². The number of para-hydroxylation sites is 1. The van der Waals surface area contributed by atoms with Gasteiger partial charge in [-0.25, -0.2) is 0 Å². The molecule has 2 N–H and O–H groups in total. The average molecular weight is 354 g/mol. The molecule has 0 bridgehead atoms. The van der Waals surface area contributed by atoms with Gasteiger partial charge in [-0.05, 0) is 43.2 Å². The van der Waals surface area contributed by atoms with E-state index in [1.54, 1.807) is 0 Å². The van der Waals surface area contributed by atoms with Crippen molar-refractivity contribution in [3.8, 4) is 0 Å². The predicted octanol–water partition coefficient (Wildman–Crippen LogP) is 3.99. The maximum Gasteiger partial charge on any atom is 0.240 e. The summed E-state index contributed by atoms with van der Waals surface area (Å²) in [6.07, 6.45) is 13.8. The van der Waals surface area contributed by atoms with Crippen molar-refractivity contribution in [2.45, 2.75) is 82.5 Å². The third-order valence-electron chi connectivity index (χ3n) is 6.17. The van der Waals surface area contributed by atoms with E-state index in [-0.39, 0.29) is 5.91 Å². The number of aromatic nitrogens is 1. The fourth-order valence-electron chi connectivity index (χ4n) is 4.48. The Kier molecular flexibility index (Phi) is 5.59. The minimum absolute atomic E-state index is 0.125. The number of rotatable bonds is 5. The number of carbonyl (C=O) groups is 1. The van der Waals surface area contributed by atoms with Gasteiger partial charge in [0.25, 0.3) is 0 Å². The first-order valence-corrected chi connectivity index (χ1v) is 10.4. The molecule has 2 aliphatic carbocycles. The molecule has 1 amide bonds. The molecule has 0 spiro atoms. The summed E-state index contributed by atoms with van der Waals surface area (Å²) in [7, 11) is 0. The summed E-state index contributed by atoms with van der Waals surface area (Å²) in [4.78, 5) is 12.5. The van der Waals surface area contributed by atoms with Crippen LogP contribution in [-0.4, -0.2) is 28.6 Å². The molecule has 0 unspecified atom stereocenters. The number of carbonyl (C=O) groups excluding carboxylic acids is 1.